The van der Waals surface area contributed by atoms with Crippen LogP contribution in [0.4, 0.5) is 0 Å². The first kappa shape index (κ1) is 17.9. The van der Waals surface area contributed by atoms with Crippen molar-refractivity contribution in [2.24, 2.45) is 0 Å². The predicted molar refractivity (Wildman–Crippen MR) is 32.0 cm³/mol. The Bertz CT molecular complexity index is 113. The van der Waals surface area contributed by atoms with Crippen molar-refractivity contribution in [1.82, 2.24) is 0 Å². The van der Waals surface area contributed by atoms with Crippen LogP contribution in [-0.4, -0.2) is 13.2 Å². The zero-order chi connectivity index (χ0) is 10.7. The fraction of sp³-hybridized carbons (Fsp3) is 0.500. The van der Waals surface area contributed by atoms with Gasteiger partial charge in [-0.05, 0) is 13.8 Å². The SMILES string of the molecule is CC(=O)[O-].CC(=O)[O-].C[C](=O)[Ce+2]. The third-order valence-electron chi connectivity index (χ3n) is 0. The molecule has 0 rings (SSSR count). The molecule has 0 saturated carbocycles. The van der Waals surface area contributed by atoms with Crippen molar-refractivity contribution in [2.75, 3.05) is 0 Å². The molecule has 0 heterocycles. The summed E-state index contributed by atoms with van der Waals surface area (Å²) in [4.78, 5) is 27.3. The van der Waals surface area contributed by atoms with E-state index in [1.54, 1.807) is 6.92 Å². The molecule has 0 atom stereocenters. The van der Waals surface area contributed by atoms with E-state index >= 15 is 0 Å². The zero-order valence-electron chi connectivity index (χ0n) is 7.04. The summed E-state index contributed by atoms with van der Waals surface area (Å²) in [6.07, 6.45) is 0. The quantitative estimate of drug-likeness (QED) is 0.496. The molecule has 12 heavy (non-hydrogen) atoms. The third kappa shape index (κ3) is 4510000. The molecular weight excluding hydrogens is 292 g/mol. The van der Waals surface area contributed by atoms with Crippen LogP contribution < -0.4 is 10.2 Å². The second kappa shape index (κ2) is 13.6. The molecule has 0 amide bonds. The monoisotopic (exact) mass is 301 g/mol. The van der Waals surface area contributed by atoms with Crippen molar-refractivity contribution in [2.45, 2.75) is 20.8 Å². The van der Waals surface area contributed by atoms with E-state index < -0.39 is 11.9 Å². The summed E-state index contributed by atoms with van der Waals surface area (Å²) in [6, 6.07) is 0. The van der Waals surface area contributed by atoms with Gasteiger partial charge in [0.25, 0.3) is 0 Å². The van der Waals surface area contributed by atoms with Gasteiger partial charge in [-0.25, -0.2) is 0 Å². The first-order valence-electron chi connectivity index (χ1n) is 2.77. The molecule has 0 aliphatic carbocycles. The van der Waals surface area contributed by atoms with E-state index in [4.69, 9.17) is 19.8 Å². The number of aliphatic carboxylic acids is 2. The first-order valence-corrected chi connectivity index (χ1v) is 4.34. The van der Waals surface area contributed by atoms with Gasteiger partial charge in [-0.1, -0.05) is 0 Å². The molecule has 5 nitrogen and oxygen atoms in total. The molecule has 0 saturated heterocycles. The van der Waals surface area contributed by atoms with Crippen molar-refractivity contribution < 1.29 is 64.2 Å². The van der Waals surface area contributed by atoms with E-state index in [9.17, 15) is 4.79 Å². The van der Waals surface area contributed by atoms with Crippen LogP contribution in [0.3, 0.4) is 0 Å². The molecule has 0 aromatic heterocycles. The van der Waals surface area contributed by atoms with Gasteiger partial charge in [0.2, 0.25) is 0 Å². The standard InChI is InChI=1S/2C2H4O2.C2H3O.Ce/c2*1-2(3)4;1-2-3;/h2*1H3,(H,3,4);1H3;/q;;;+2/p-2. The van der Waals surface area contributed by atoms with E-state index in [1.165, 1.54) is 0 Å². The minimum absolute atomic E-state index is 0.306. The maximum absolute atomic E-state index is 9.51. The van der Waals surface area contributed by atoms with Crippen LogP contribution in [-0.2, 0) is 14.4 Å². The molecule has 6 heteroatoms. The summed E-state index contributed by atoms with van der Waals surface area (Å²) in [5.41, 5.74) is 0. The number of hydrogen-bond donors (Lipinski definition) is 0. The van der Waals surface area contributed by atoms with Crippen molar-refractivity contribution >= 4 is 13.2 Å². The Balaban J connectivity index is -0.000000101. The van der Waals surface area contributed by atoms with Crippen LogP contribution in [0.5, 0.6) is 0 Å². The first-order chi connectivity index (χ1) is 5.20. The average molecular weight is 301 g/mol. The second-order valence-corrected chi connectivity index (χ2v) is 3.75. The molecule has 0 aromatic rings. The number of carboxylic acids is 2. The Labute approximate surface area is 97.4 Å². The Morgan fingerprint density at radius 3 is 0.917 bits per heavy atom. The van der Waals surface area contributed by atoms with Crippen LogP contribution in [0.1, 0.15) is 20.8 Å². The van der Waals surface area contributed by atoms with E-state index in [2.05, 4.69) is 0 Å². The molecule has 0 unspecified atom stereocenters. The van der Waals surface area contributed by atoms with Crippen LogP contribution in [0.15, 0.2) is 0 Å². The summed E-state index contributed by atoms with van der Waals surface area (Å²) in [6.45, 7) is 3.53. The van der Waals surface area contributed by atoms with E-state index in [0.717, 1.165) is 13.8 Å². The van der Waals surface area contributed by atoms with Crippen LogP contribution in [0.25, 0.3) is 0 Å². The molecule has 67 valence electrons. The van der Waals surface area contributed by atoms with Gasteiger partial charge in [-0.2, -0.15) is 0 Å². The van der Waals surface area contributed by atoms with Crippen LogP contribution in [0, 0.1) is 39.6 Å². The normalized spacial score (nSPS) is 6.42. The van der Waals surface area contributed by atoms with Gasteiger partial charge in [-0.15, -0.1) is 0 Å². The topological polar surface area (TPSA) is 97.3 Å². The number of carbonyl (C=O) groups is 3. The molecule has 0 spiro atoms. The van der Waals surface area contributed by atoms with Gasteiger partial charge in [0.1, 0.15) is 0 Å². The summed E-state index contributed by atoms with van der Waals surface area (Å²) >= 11 is 0.710. The molecule has 0 aliphatic heterocycles. The zero-order valence-corrected chi connectivity index (χ0v) is 10.2. The van der Waals surface area contributed by atoms with Crippen LogP contribution in [0.2, 0.25) is 0 Å². The molecule has 0 radical (unpaired) electrons. The molecule has 0 N–H and O–H groups in total. The van der Waals surface area contributed by atoms with Crippen molar-refractivity contribution in [3.63, 3.8) is 0 Å². The van der Waals surface area contributed by atoms with Crippen LogP contribution >= 0.6 is 0 Å². The number of rotatable bonds is 0. The van der Waals surface area contributed by atoms with Gasteiger partial charge in [0.05, 0.1) is 0 Å². The molecular formula is C6H9CeO5. The number of hydrogen-bond acceptors (Lipinski definition) is 5. The van der Waals surface area contributed by atoms with E-state index in [0.29, 0.717) is 41.0 Å². The average Bonchev–Trinajstić information content (AvgIpc) is 1.54. The molecule has 0 bridgehead atoms. The van der Waals surface area contributed by atoms with E-state index in [1.807, 2.05) is 0 Å². The Morgan fingerprint density at radius 1 is 0.917 bits per heavy atom. The summed E-state index contributed by atoms with van der Waals surface area (Å²) < 4.78 is 0.306. The minimum atomic E-state index is -1.08. The third-order valence-corrected chi connectivity index (χ3v) is 0. The molecule has 0 aliphatic rings. The fourth-order valence-corrected chi connectivity index (χ4v) is 0. The number of carbonyl (C=O) groups excluding carboxylic acids is 3. The Morgan fingerprint density at radius 2 is 0.917 bits per heavy atom. The van der Waals surface area contributed by atoms with Crippen molar-refractivity contribution in [3.8, 4) is 0 Å². The molecule has 0 aromatic carbocycles. The summed E-state index contributed by atoms with van der Waals surface area (Å²) in [5.74, 6) is -2.17. The van der Waals surface area contributed by atoms with Gasteiger partial charge in [-0.3, -0.25) is 0 Å². The van der Waals surface area contributed by atoms with Gasteiger partial charge >= 0.3 is 52.7 Å². The fourth-order valence-electron chi connectivity index (χ4n) is 0. The van der Waals surface area contributed by atoms with Crippen molar-refractivity contribution in [1.29, 1.82) is 0 Å². The van der Waals surface area contributed by atoms with Crippen molar-refractivity contribution in [3.05, 3.63) is 0 Å². The second-order valence-electron chi connectivity index (χ2n) is 1.54. The summed E-state index contributed by atoms with van der Waals surface area (Å²) in [5, 5.41) is 17.8. The Hall–Kier alpha value is -0.0134. The van der Waals surface area contributed by atoms with Gasteiger partial charge in [0, 0.05) is 11.9 Å². The van der Waals surface area contributed by atoms with E-state index in [-0.39, 0.29) is 0 Å². The molecule has 0 fully saturated rings. The Kier molecular flexibility index (Phi) is 20.3. The predicted octanol–water partition coefficient (Wildman–Crippen LogP) is -2.41. The number of carboxylic acid groups (broad SMARTS) is 2. The maximum atomic E-state index is 9.51. The summed E-state index contributed by atoms with van der Waals surface area (Å²) in [7, 11) is 0. The van der Waals surface area contributed by atoms with Gasteiger partial charge < -0.3 is 19.8 Å². The van der Waals surface area contributed by atoms with Gasteiger partial charge in [0.15, 0.2) is 0 Å².